The summed E-state index contributed by atoms with van der Waals surface area (Å²) in [4.78, 5) is 24.9. The van der Waals surface area contributed by atoms with Gasteiger partial charge in [-0.2, -0.15) is 4.39 Å². The van der Waals surface area contributed by atoms with Crippen molar-refractivity contribution < 1.29 is 4.39 Å². The molecule has 4 N–H and O–H groups in total. The highest BCUT2D eigenvalue weighted by atomic mass is 35.5. The molecule has 2 aliphatic rings. The lowest BCUT2D eigenvalue weighted by molar-refractivity contribution is 0.280. The fraction of sp³-hybridized carbons (Fsp3) is 0.200. The van der Waals surface area contributed by atoms with Crippen LogP contribution in [0.1, 0.15) is 24.5 Å². The van der Waals surface area contributed by atoms with Crippen LogP contribution in [0.25, 0.3) is 22.4 Å². The van der Waals surface area contributed by atoms with Crippen molar-refractivity contribution in [2.24, 2.45) is 11.0 Å². The molecular weight excluding hydrogens is 497 g/mol. The van der Waals surface area contributed by atoms with Crippen molar-refractivity contribution in [1.29, 1.82) is 0 Å². The number of hydrogen-bond donors (Lipinski definition) is 3. The summed E-state index contributed by atoms with van der Waals surface area (Å²) in [5.41, 5.74) is 12.5. The molecule has 2 atom stereocenters. The minimum Gasteiger partial charge on any atom is -0.384 e. The summed E-state index contributed by atoms with van der Waals surface area (Å²) >= 11 is 6.34. The van der Waals surface area contributed by atoms with Gasteiger partial charge in [-0.15, -0.1) is 10.6 Å². The van der Waals surface area contributed by atoms with E-state index < -0.39 is 5.95 Å². The molecule has 0 spiro atoms. The van der Waals surface area contributed by atoms with Gasteiger partial charge >= 0.3 is 0 Å². The van der Waals surface area contributed by atoms with Gasteiger partial charge in [0, 0.05) is 29.4 Å². The Kier molecular flexibility index (Phi) is 5.46. The molecule has 6 rings (SSSR count). The van der Waals surface area contributed by atoms with Crippen LogP contribution in [0.4, 0.5) is 15.9 Å². The van der Waals surface area contributed by atoms with Crippen LogP contribution in [0.15, 0.2) is 58.6 Å². The molecule has 0 amide bonds. The highest BCUT2D eigenvalue weighted by molar-refractivity contribution is 6.31. The van der Waals surface area contributed by atoms with Crippen LogP contribution in [-0.2, 0) is 6.42 Å². The molecule has 188 valence electrons. The number of hydrogen-bond acceptors (Lipinski definition) is 8. The first-order chi connectivity index (χ1) is 17.8. The fourth-order valence-electron chi connectivity index (χ4n) is 5.03. The number of hydrazone groups is 1. The van der Waals surface area contributed by atoms with Crippen molar-refractivity contribution in [2.75, 3.05) is 17.8 Å². The van der Waals surface area contributed by atoms with E-state index >= 15 is 0 Å². The van der Waals surface area contributed by atoms with Crippen LogP contribution in [0.5, 0.6) is 0 Å². The van der Waals surface area contributed by atoms with Gasteiger partial charge in [0.05, 0.1) is 29.2 Å². The largest absolute Gasteiger partial charge is 0.384 e. The average Bonchev–Trinajstić information content (AvgIpc) is 3.57. The summed E-state index contributed by atoms with van der Waals surface area (Å²) in [7, 11) is 1.79. The number of nitrogens with zero attached hydrogens (tertiary/aromatic N) is 6. The van der Waals surface area contributed by atoms with Crippen molar-refractivity contribution in [3.05, 3.63) is 81.5 Å². The van der Waals surface area contributed by atoms with E-state index in [1.807, 2.05) is 18.2 Å². The van der Waals surface area contributed by atoms with Crippen LogP contribution in [0, 0.1) is 11.9 Å². The summed E-state index contributed by atoms with van der Waals surface area (Å²) in [5.74, 6) is 0.0785. The molecule has 0 unspecified atom stereocenters. The average molecular weight is 520 g/mol. The molecule has 4 aromatic rings. The second kappa shape index (κ2) is 8.71. The maximum absolute atomic E-state index is 14.4. The minimum absolute atomic E-state index is 0.0798. The second-order valence-corrected chi connectivity index (χ2v) is 9.65. The van der Waals surface area contributed by atoms with Gasteiger partial charge in [-0.3, -0.25) is 4.79 Å². The Balaban J connectivity index is 1.39. The molecule has 10 nitrogen and oxygen atoms in total. The molecule has 0 radical (unpaired) electrons. The number of benzene rings is 1. The topological polar surface area (TPSA) is 120 Å². The van der Waals surface area contributed by atoms with Crippen LogP contribution in [-0.4, -0.2) is 38.0 Å². The lowest BCUT2D eigenvalue weighted by atomic mass is 10.00. The van der Waals surface area contributed by atoms with E-state index in [1.165, 1.54) is 6.07 Å². The molecule has 37 heavy (non-hydrogen) atoms. The van der Waals surface area contributed by atoms with Gasteiger partial charge in [-0.05, 0) is 54.3 Å². The fourth-order valence-corrected chi connectivity index (χ4v) is 5.20. The number of nitrogens with two attached hydrogens (primary N) is 1. The van der Waals surface area contributed by atoms with Gasteiger partial charge in [0.2, 0.25) is 5.95 Å². The Morgan fingerprint density at radius 1 is 1.16 bits per heavy atom. The van der Waals surface area contributed by atoms with Crippen molar-refractivity contribution in [3.63, 3.8) is 0 Å². The van der Waals surface area contributed by atoms with Crippen LogP contribution < -0.4 is 21.8 Å². The first kappa shape index (κ1) is 23.2. The number of hydrazine groups is 2. The van der Waals surface area contributed by atoms with Crippen molar-refractivity contribution >= 4 is 29.4 Å². The molecule has 0 fully saturated rings. The van der Waals surface area contributed by atoms with Crippen molar-refractivity contribution in [3.8, 4) is 22.4 Å². The number of nitrogen functional groups attached to an aromatic ring is 1. The Morgan fingerprint density at radius 3 is 2.76 bits per heavy atom. The Bertz CT molecular complexity index is 1610. The molecule has 12 heteroatoms. The van der Waals surface area contributed by atoms with Crippen molar-refractivity contribution in [1.82, 2.24) is 30.2 Å². The van der Waals surface area contributed by atoms with Gasteiger partial charge in [-0.1, -0.05) is 18.5 Å². The molecule has 2 aliphatic heterocycles. The molecule has 0 bridgehead atoms. The zero-order chi connectivity index (χ0) is 25.8. The van der Waals surface area contributed by atoms with E-state index in [0.29, 0.717) is 23.0 Å². The number of aromatic amines is 1. The van der Waals surface area contributed by atoms with E-state index in [1.54, 1.807) is 52.5 Å². The predicted octanol–water partition coefficient (Wildman–Crippen LogP) is 3.57. The summed E-state index contributed by atoms with van der Waals surface area (Å²) in [6.45, 7) is 2.07. The predicted molar refractivity (Wildman–Crippen MR) is 140 cm³/mol. The molecule has 1 aromatic carbocycles. The Morgan fingerprint density at radius 2 is 2.00 bits per heavy atom. The summed E-state index contributed by atoms with van der Waals surface area (Å²) in [6, 6.07) is 11.9. The van der Waals surface area contributed by atoms with E-state index in [0.717, 1.165) is 22.5 Å². The number of halogens is 2. The molecule has 0 saturated carbocycles. The SMILES string of the molecule is C[C@H]1Cc2cc(-c3cc(Cl)ccc3N3C=NN(C)N3)cc(=O)n2[C@@H]1c1ncc(-c2ccc(N)nc2F)[nH]1. The smallest absolute Gasteiger partial charge is 0.252 e. The van der Waals surface area contributed by atoms with Gasteiger partial charge in [-0.25, -0.2) is 20.1 Å². The number of rotatable bonds is 4. The summed E-state index contributed by atoms with van der Waals surface area (Å²) < 4.78 is 16.1. The zero-order valence-corrected chi connectivity index (χ0v) is 20.7. The highest BCUT2D eigenvalue weighted by Crippen LogP contribution is 2.38. The van der Waals surface area contributed by atoms with E-state index in [-0.39, 0.29) is 28.9 Å². The maximum atomic E-state index is 14.4. The Labute approximate surface area is 216 Å². The summed E-state index contributed by atoms with van der Waals surface area (Å²) in [5, 5.41) is 8.09. The lowest BCUT2D eigenvalue weighted by Gasteiger charge is -2.21. The third kappa shape index (κ3) is 4.02. The normalized spacial score (nSPS) is 18.6. The maximum Gasteiger partial charge on any atom is 0.252 e. The minimum atomic E-state index is -0.682. The van der Waals surface area contributed by atoms with Crippen LogP contribution in [0.2, 0.25) is 5.02 Å². The van der Waals surface area contributed by atoms with E-state index in [4.69, 9.17) is 17.3 Å². The van der Waals surface area contributed by atoms with Crippen LogP contribution in [0.3, 0.4) is 0 Å². The van der Waals surface area contributed by atoms with Gasteiger partial charge in [0.1, 0.15) is 18.0 Å². The van der Waals surface area contributed by atoms with Gasteiger partial charge in [0.25, 0.3) is 5.56 Å². The molecule has 5 heterocycles. The molecule has 0 aliphatic carbocycles. The van der Waals surface area contributed by atoms with Gasteiger partial charge < -0.3 is 15.3 Å². The van der Waals surface area contributed by atoms with Crippen LogP contribution >= 0.6 is 11.6 Å². The Hall–Kier alpha value is -4.22. The quantitative estimate of drug-likeness (QED) is 0.352. The lowest BCUT2D eigenvalue weighted by Crippen LogP contribution is -2.38. The number of aromatic nitrogens is 4. The first-order valence-electron chi connectivity index (χ1n) is 11.6. The second-order valence-electron chi connectivity index (χ2n) is 9.21. The number of anilines is 2. The number of imidazole rings is 1. The zero-order valence-electron chi connectivity index (χ0n) is 20.0. The molecule has 0 saturated heterocycles. The standard InChI is InChI=1S/C25H23ClFN9O/c1-13-7-16-8-14(18-10-15(26)3-5-20(18)35-12-30-34(2)33-35)9-22(37)36(16)23(13)25-29-11-19(31-25)17-4-6-21(28)32-24(17)27/h3-6,8-13,23,33H,7H2,1-2H3,(H2,28,32)(H,29,31)/t13-,23-/m0/s1. The van der Waals surface area contributed by atoms with E-state index in [9.17, 15) is 9.18 Å². The number of H-pyrrole nitrogens is 1. The first-order valence-corrected chi connectivity index (χ1v) is 12.0. The number of nitrogens with one attached hydrogen (secondary N) is 2. The molecular formula is C25H23ClFN9O. The number of fused-ring (bicyclic) bond motifs is 1. The number of pyridine rings is 2. The van der Waals surface area contributed by atoms with Crippen molar-refractivity contribution in [2.45, 2.75) is 19.4 Å². The monoisotopic (exact) mass is 519 g/mol. The summed E-state index contributed by atoms with van der Waals surface area (Å²) in [6.07, 6.45) is 3.87. The third-order valence-corrected chi connectivity index (χ3v) is 6.89. The van der Waals surface area contributed by atoms with E-state index in [2.05, 4.69) is 32.5 Å². The highest BCUT2D eigenvalue weighted by Gasteiger charge is 2.34. The molecule has 3 aromatic heterocycles. The third-order valence-electron chi connectivity index (χ3n) is 6.65. The van der Waals surface area contributed by atoms with Gasteiger partial charge in [0.15, 0.2) is 0 Å².